The van der Waals surface area contributed by atoms with Crippen LogP contribution in [0.1, 0.15) is 26.7 Å². The van der Waals surface area contributed by atoms with E-state index in [2.05, 4.69) is 18.7 Å². The maximum atomic E-state index is 9.60. The number of hydrogen-bond donors (Lipinski definition) is 2. The van der Waals surface area contributed by atoms with Gasteiger partial charge in [0.1, 0.15) is 0 Å². The van der Waals surface area contributed by atoms with E-state index in [9.17, 15) is 5.11 Å². The van der Waals surface area contributed by atoms with Gasteiger partial charge in [0.05, 0.1) is 13.2 Å². The molecule has 1 aliphatic heterocycles. The summed E-state index contributed by atoms with van der Waals surface area (Å²) in [7, 11) is 0. The van der Waals surface area contributed by atoms with Crippen molar-refractivity contribution in [1.29, 1.82) is 0 Å². The van der Waals surface area contributed by atoms with Crippen LogP contribution < -0.4 is 0 Å². The molecule has 4 nitrogen and oxygen atoms in total. The highest BCUT2D eigenvalue weighted by atomic mass is 16.5. The zero-order chi connectivity index (χ0) is 12.0. The van der Waals surface area contributed by atoms with Crippen LogP contribution in [0.4, 0.5) is 0 Å². The van der Waals surface area contributed by atoms with E-state index in [0.29, 0.717) is 12.6 Å². The quantitative estimate of drug-likeness (QED) is 0.698. The molecular weight excluding hydrogens is 206 g/mol. The Labute approximate surface area is 98.2 Å². The van der Waals surface area contributed by atoms with Gasteiger partial charge in [0.2, 0.25) is 0 Å². The minimum atomic E-state index is -0.0301. The molecule has 0 atom stereocenters. The standard InChI is InChI=1S/C12H25NO3/c1-11(2)13(5-6-14)9-12(10-15)3-7-16-8-4-12/h11,14-15H,3-10H2,1-2H3. The number of ether oxygens (including phenoxy) is 1. The molecule has 0 spiro atoms. The van der Waals surface area contributed by atoms with Crippen LogP contribution in [0.25, 0.3) is 0 Å². The summed E-state index contributed by atoms with van der Waals surface area (Å²) in [5.41, 5.74) is -0.0301. The number of aliphatic hydroxyl groups excluding tert-OH is 2. The highest BCUT2D eigenvalue weighted by Gasteiger charge is 2.34. The van der Waals surface area contributed by atoms with Crippen LogP contribution in [0.2, 0.25) is 0 Å². The van der Waals surface area contributed by atoms with Gasteiger partial charge in [-0.2, -0.15) is 0 Å². The third kappa shape index (κ3) is 3.70. The molecule has 0 aliphatic carbocycles. The van der Waals surface area contributed by atoms with Crippen LogP contribution in [-0.4, -0.2) is 60.7 Å². The number of rotatable bonds is 6. The fourth-order valence-corrected chi connectivity index (χ4v) is 2.25. The van der Waals surface area contributed by atoms with Crippen LogP contribution in [0, 0.1) is 5.41 Å². The second-order valence-electron chi connectivity index (χ2n) is 5.06. The second-order valence-corrected chi connectivity index (χ2v) is 5.06. The van der Waals surface area contributed by atoms with E-state index >= 15 is 0 Å². The molecule has 2 N–H and O–H groups in total. The van der Waals surface area contributed by atoms with Crippen molar-refractivity contribution in [2.24, 2.45) is 5.41 Å². The molecule has 0 aromatic carbocycles. The van der Waals surface area contributed by atoms with E-state index in [-0.39, 0.29) is 18.6 Å². The molecule has 0 saturated carbocycles. The van der Waals surface area contributed by atoms with Crippen molar-refractivity contribution in [3.05, 3.63) is 0 Å². The third-order valence-electron chi connectivity index (χ3n) is 3.54. The van der Waals surface area contributed by atoms with E-state index in [1.165, 1.54) is 0 Å². The van der Waals surface area contributed by atoms with E-state index < -0.39 is 0 Å². The van der Waals surface area contributed by atoms with E-state index in [0.717, 1.165) is 32.6 Å². The van der Waals surface area contributed by atoms with Crippen LogP contribution in [0.5, 0.6) is 0 Å². The van der Waals surface area contributed by atoms with Crippen molar-refractivity contribution >= 4 is 0 Å². The lowest BCUT2D eigenvalue weighted by Gasteiger charge is -2.41. The van der Waals surface area contributed by atoms with Crippen molar-refractivity contribution in [3.63, 3.8) is 0 Å². The fraction of sp³-hybridized carbons (Fsp3) is 1.00. The Kier molecular flexibility index (Phi) is 5.69. The molecule has 1 rings (SSSR count). The molecule has 1 fully saturated rings. The van der Waals surface area contributed by atoms with Gasteiger partial charge >= 0.3 is 0 Å². The third-order valence-corrected chi connectivity index (χ3v) is 3.54. The Balaban J connectivity index is 2.57. The fourth-order valence-electron chi connectivity index (χ4n) is 2.25. The first-order valence-corrected chi connectivity index (χ1v) is 6.17. The Hall–Kier alpha value is -0.160. The topological polar surface area (TPSA) is 52.9 Å². The van der Waals surface area contributed by atoms with Gasteiger partial charge in [-0.15, -0.1) is 0 Å². The van der Waals surface area contributed by atoms with Gasteiger partial charge in [-0.05, 0) is 26.7 Å². The van der Waals surface area contributed by atoms with Crippen molar-refractivity contribution in [2.45, 2.75) is 32.7 Å². The van der Waals surface area contributed by atoms with Crippen LogP contribution in [-0.2, 0) is 4.74 Å². The van der Waals surface area contributed by atoms with E-state index in [1.54, 1.807) is 0 Å². The Morgan fingerprint density at radius 1 is 1.25 bits per heavy atom. The van der Waals surface area contributed by atoms with Gasteiger partial charge < -0.3 is 14.9 Å². The minimum Gasteiger partial charge on any atom is -0.396 e. The normalized spacial score (nSPS) is 20.6. The molecule has 1 aliphatic rings. The summed E-state index contributed by atoms with van der Waals surface area (Å²) in [5.74, 6) is 0. The van der Waals surface area contributed by atoms with Gasteiger partial charge in [-0.1, -0.05) is 0 Å². The molecule has 1 heterocycles. The summed E-state index contributed by atoms with van der Waals surface area (Å²) < 4.78 is 5.35. The zero-order valence-electron chi connectivity index (χ0n) is 10.5. The van der Waals surface area contributed by atoms with Crippen LogP contribution >= 0.6 is 0 Å². The summed E-state index contributed by atoms with van der Waals surface area (Å²) >= 11 is 0. The first kappa shape index (κ1) is 13.9. The lowest BCUT2D eigenvalue weighted by molar-refractivity contribution is -0.0406. The Morgan fingerprint density at radius 2 is 1.88 bits per heavy atom. The Bertz CT molecular complexity index is 191. The summed E-state index contributed by atoms with van der Waals surface area (Å²) in [6, 6.07) is 0.401. The van der Waals surface area contributed by atoms with Gasteiger partial charge in [0, 0.05) is 37.8 Å². The first-order valence-electron chi connectivity index (χ1n) is 6.17. The summed E-state index contributed by atoms with van der Waals surface area (Å²) in [4.78, 5) is 2.24. The van der Waals surface area contributed by atoms with Crippen molar-refractivity contribution in [1.82, 2.24) is 4.90 Å². The van der Waals surface area contributed by atoms with Crippen LogP contribution in [0.15, 0.2) is 0 Å². The SMILES string of the molecule is CC(C)N(CCO)CC1(CO)CCOCC1. The van der Waals surface area contributed by atoms with E-state index in [4.69, 9.17) is 9.84 Å². The number of nitrogens with zero attached hydrogens (tertiary/aromatic N) is 1. The molecule has 0 bridgehead atoms. The maximum absolute atomic E-state index is 9.60. The highest BCUT2D eigenvalue weighted by Crippen LogP contribution is 2.31. The van der Waals surface area contributed by atoms with Gasteiger partial charge in [0.25, 0.3) is 0 Å². The van der Waals surface area contributed by atoms with Crippen LogP contribution in [0.3, 0.4) is 0 Å². The van der Waals surface area contributed by atoms with Gasteiger partial charge in [0.15, 0.2) is 0 Å². The molecular formula is C12H25NO3. The molecule has 16 heavy (non-hydrogen) atoms. The average Bonchev–Trinajstić information content (AvgIpc) is 2.29. The predicted molar refractivity (Wildman–Crippen MR) is 63.4 cm³/mol. The molecule has 0 aromatic heterocycles. The number of hydrogen-bond acceptors (Lipinski definition) is 4. The number of aliphatic hydroxyl groups is 2. The summed E-state index contributed by atoms with van der Waals surface area (Å²) in [5, 5.41) is 18.6. The lowest BCUT2D eigenvalue weighted by Crippen LogP contribution is -2.47. The molecule has 96 valence electrons. The van der Waals surface area contributed by atoms with Crippen molar-refractivity contribution in [2.75, 3.05) is 39.5 Å². The molecule has 4 heteroatoms. The first-order chi connectivity index (χ1) is 7.63. The smallest absolute Gasteiger partial charge is 0.0558 e. The molecule has 0 unspecified atom stereocenters. The largest absolute Gasteiger partial charge is 0.396 e. The molecule has 0 aromatic rings. The summed E-state index contributed by atoms with van der Waals surface area (Å²) in [6.07, 6.45) is 1.83. The molecule has 0 amide bonds. The minimum absolute atomic E-state index is 0.0301. The van der Waals surface area contributed by atoms with E-state index in [1.807, 2.05) is 0 Å². The van der Waals surface area contributed by atoms with Crippen molar-refractivity contribution < 1.29 is 14.9 Å². The highest BCUT2D eigenvalue weighted by molar-refractivity contribution is 4.85. The zero-order valence-corrected chi connectivity index (χ0v) is 10.5. The average molecular weight is 231 g/mol. The second kappa shape index (κ2) is 6.55. The maximum Gasteiger partial charge on any atom is 0.0558 e. The Morgan fingerprint density at radius 3 is 2.31 bits per heavy atom. The van der Waals surface area contributed by atoms with Gasteiger partial charge in [-0.25, -0.2) is 0 Å². The van der Waals surface area contributed by atoms with Crippen molar-refractivity contribution in [3.8, 4) is 0 Å². The lowest BCUT2D eigenvalue weighted by atomic mass is 9.80. The monoisotopic (exact) mass is 231 g/mol. The molecule has 1 saturated heterocycles. The predicted octanol–water partition coefficient (Wildman–Crippen LogP) is 0.478. The summed E-state index contributed by atoms with van der Waals surface area (Å²) in [6.45, 7) is 7.66. The van der Waals surface area contributed by atoms with Gasteiger partial charge in [-0.3, -0.25) is 4.90 Å². The molecule has 0 radical (unpaired) electrons.